The van der Waals surface area contributed by atoms with Crippen LogP contribution in [0.25, 0.3) is 5.57 Å². The molecule has 0 bridgehead atoms. The Morgan fingerprint density at radius 1 is 1.18 bits per heavy atom. The summed E-state index contributed by atoms with van der Waals surface area (Å²) in [5.41, 5.74) is 5.19. The van der Waals surface area contributed by atoms with Gasteiger partial charge in [0.15, 0.2) is 0 Å². The van der Waals surface area contributed by atoms with Crippen LogP contribution in [0.1, 0.15) is 50.4 Å². The molecule has 0 radical (unpaired) electrons. The second-order valence-corrected chi connectivity index (χ2v) is 5.23. The van der Waals surface area contributed by atoms with Gasteiger partial charge >= 0.3 is 0 Å². The van der Waals surface area contributed by atoms with Crippen molar-refractivity contribution in [2.24, 2.45) is 5.92 Å². The van der Waals surface area contributed by atoms with Crippen LogP contribution in [0.4, 0.5) is 0 Å². The van der Waals surface area contributed by atoms with Crippen LogP contribution in [0.2, 0.25) is 0 Å². The standard InChI is InChI=1S/C15H21NO/c1-10(2)12-5-7-16-14-6-8-17-9-13(11(3)4)15(12)14/h5,7,9-11H,6,8H2,1-4H3. The zero-order valence-electron chi connectivity index (χ0n) is 11.2. The maximum atomic E-state index is 5.58. The molecule has 1 aliphatic heterocycles. The van der Waals surface area contributed by atoms with Gasteiger partial charge in [-0.1, -0.05) is 27.7 Å². The van der Waals surface area contributed by atoms with E-state index < -0.39 is 0 Å². The normalized spacial score (nSPS) is 15.3. The quantitative estimate of drug-likeness (QED) is 0.773. The first-order valence-corrected chi connectivity index (χ1v) is 6.41. The lowest BCUT2D eigenvalue weighted by atomic mass is 9.87. The Labute approximate surface area is 104 Å². The molecule has 0 N–H and O–H groups in total. The Morgan fingerprint density at radius 2 is 1.94 bits per heavy atom. The van der Waals surface area contributed by atoms with Gasteiger partial charge in [-0.2, -0.15) is 0 Å². The van der Waals surface area contributed by atoms with Gasteiger partial charge in [-0.15, -0.1) is 0 Å². The molecule has 0 saturated heterocycles. The number of pyridine rings is 1. The fourth-order valence-electron chi connectivity index (χ4n) is 2.31. The maximum absolute atomic E-state index is 5.58. The Balaban J connectivity index is 2.61. The summed E-state index contributed by atoms with van der Waals surface area (Å²) in [6, 6.07) is 2.14. The van der Waals surface area contributed by atoms with Crippen LogP contribution in [-0.2, 0) is 11.2 Å². The van der Waals surface area contributed by atoms with E-state index in [9.17, 15) is 0 Å². The number of hydrogen-bond acceptors (Lipinski definition) is 2. The molecule has 0 atom stereocenters. The van der Waals surface area contributed by atoms with E-state index in [2.05, 4.69) is 38.7 Å². The van der Waals surface area contributed by atoms with Gasteiger partial charge < -0.3 is 4.74 Å². The third-order valence-corrected chi connectivity index (χ3v) is 3.26. The zero-order chi connectivity index (χ0) is 12.4. The molecule has 1 aromatic rings. The fraction of sp³-hybridized carbons (Fsp3) is 0.533. The fourth-order valence-corrected chi connectivity index (χ4v) is 2.31. The number of fused-ring (bicyclic) bond motifs is 1. The smallest absolute Gasteiger partial charge is 0.0929 e. The predicted octanol–water partition coefficient (Wildman–Crippen LogP) is 3.77. The highest BCUT2D eigenvalue weighted by Crippen LogP contribution is 2.33. The topological polar surface area (TPSA) is 22.1 Å². The summed E-state index contributed by atoms with van der Waals surface area (Å²) in [5, 5.41) is 0. The molecule has 0 saturated carbocycles. The van der Waals surface area contributed by atoms with Crippen molar-refractivity contribution in [1.29, 1.82) is 0 Å². The van der Waals surface area contributed by atoms with Crippen molar-refractivity contribution < 1.29 is 4.74 Å². The molecule has 0 spiro atoms. The minimum Gasteiger partial charge on any atom is -0.500 e. The first kappa shape index (κ1) is 12.2. The third-order valence-electron chi connectivity index (χ3n) is 3.26. The molecule has 0 amide bonds. The first-order chi connectivity index (χ1) is 8.11. The van der Waals surface area contributed by atoms with Gasteiger partial charge in [0.05, 0.1) is 18.6 Å². The SMILES string of the molecule is CC(C)C1=COCCc2nccc(C(C)C)c21. The molecule has 1 aliphatic rings. The summed E-state index contributed by atoms with van der Waals surface area (Å²) >= 11 is 0. The van der Waals surface area contributed by atoms with Crippen LogP contribution in [0.5, 0.6) is 0 Å². The molecule has 92 valence electrons. The summed E-state index contributed by atoms with van der Waals surface area (Å²) in [4.78, 5) is 4.53. The second-order valence-electron chi connectivity index (χ2n) is 5.23. The molecule has 0 aromatic carbocycles. The van der Waals surface area contributed by atoms with E-state index >= 15 is 0 Å². The first-order valence-electron chi connectivity index (χ1n) is 6.41. The van der Waals surface area contributed by atoms with Gasteiger partial charge in [-0.25, -0.2) is 0 Å². The third kappa shape index (κ3) is 2.36. The molecule has 2 heterocycles. The molecule has 17 heavy (non-hydrogen) atoms. The van der Waals surface area contributed by atoms with Crippen LogP contribution in [0.3, 0.4) is 0 Å². The van der Waals surface area contributed by atoms with E-state index in [1.165, 1.54) is 22.4 Å². The van der Waals surface area contributed by atoms with Crippen molar-refractivity contribution in [3.8, 4) is 0 Å². The molecule has 2 rings (SSSR count). The predicted molar refractivity (Wildman–Crippen MR) is 70.8 cm³/mol. The van der Waals surface area contributed by atoms with E-state index in [4.69, 9.17) is 4.74 Å². The summed E-state index contributed by atoms with van der Waals surface area (Å²) < 4.78 is 5.58. The summed E-state index contributed by atoms with van der Waals surface area (Å²) in [6.45, 7) is 9.62. The highest BCUT2D eigenvalue weighted by atomic mass is 16.5. The lowest BCUT2D eigenvalue weighted by Crippen LogP contribution is -2.06. The van der Waals surface area contributed by atoms with E-state index in [1.807, 2.05) is 12.5 Å². The van der Waals surface area contributed by atoms with Gasteiger partial charge in [-0.05, 0) is 29.0 Å². The van der Waals surface area contributed by atoms with Gasteiger partial charge in [-0.3, -0.25) is 4.98 Å². The molecule has 2 heteroatoms. The monoisotopic (exact) mass is 231 g/mol. The lowest BCUT2D eigenvalue weighted by molar-refractivity contribution is 0.255. The number of allylic oxidation sites excluding steroid dienone is 1. The van der Waals surface area contributed by atoms with Crippen LogP contribution in [-0.4, -0.2) is 11.6 Å². The van der Waals surface area contributed by atoms with Crippen molar-refractivity contribution in [2.45, 2.75) is 40.0 Å². The Kier molecular flexibility index (Phi) is 3.51. The van der Waals surface area contributed by atoms with Crippen molar-refractivity contribution in [3.63, 3.8) is 0 Å². The average Bonchev–Trinajstić information content (AvgIpc) is 2.50. The minimum atomic E-state index is 0.466. The van der Waals surface area contributed by atoms with Crippen LogP contribution in [0.15, 0.2) is 18.5 Å². The van der Waals surface area contributed by atoms with Gasteiger partial charge in [0.25, 0.3) is 0 Å². The lowest BCUT2D eigenvalue weighted by Gasteiger charge is -2.18. The maximum Gasteiger partial charge on any atom is 0.0929 e. The van der Waals surface area contributed by atoms with E-state index in [0.717, 1.165) is 13.0 Å². The van der Waals surface area contributed by atoms with Gasteiger partial charge in [0, 0.05) is 18.2 Å². The van der Waals surface area contributed by atoms with Crippen LogP contribution >= 0.6 is 0 Å². The van der Waals surface area contributed by atoms with Gasteiger partial charge in [0.2, 0.25) is 0 Å². The summed E-state index contributed by atoms with van der Waals surface area (Å²) in [6.07, 6.45) is 4.77. The minimum absolute atomic E-state index is 0.466. The zero-order valence-corrected chi connectivity index (χ0v) is 11.2. The molecular formula is C15H21NO. The number of aromatic nitrogens is 1. The van der Waals surface area contributed by atoms with Crippen LogP contribution < -0.4 is 0 Å². The average molecular weight is 231 g/mol. The number of ether oxygens (including phenoxy) is 1. The van der Waals surface area contributed by atoms with Gasteiger partial charge in [0.1, 0.15) is 0 Å². The Morgan fingerprint density at radius 3 is 2.59 bits per heavy atom. The van der Waals surface area contributed by atoms with E-state index in [0.29, 0.717) is 11.8 Å². The number of hydrogen-bond donors (Lipinski definition) is 0. The highest BCUT2D eigenvalue weighted by molar-refractivity contribution is 5.71. The number of rotatable bonds is 2. The highest BCUT2D eigenvalue weighted by Gasteiger charge is 2.20. The Bertz CT molecular complexity index is 433. The molecular weight excluding hydrogens is 210 g/mol. The van der Waals surface area contributed by atoms with E-state index in [1.54, 1.807) is 0 Å². The second kappa shape index (κ2) is 4.91. The van der Waals surface area contributed by atoms with Crippen molar-refractivity contribution >= 4 is 5.57 Å². The molecule has 2 nitrogen and oxygen atoms in total. The van der Waals surface area contributed by atoms with Crippen molar-refractivity contribution in [2.75, 3.05) is 6.61 Å². The summed E-state index contributed by atoms with van der Waals surface area (Å²) in [5.74, 6) is 0.987. The van der Waals surface area contributed by atoms with Crippen LogP contribution in [0, 0.1) is 5.92 Å². The summed E-state index contributed by atoms with van der Waals surface area (Å²) in [7, 11) is 0. The molecule has 1 aromatic heterocycles. The molecule has 0 fully saturated rings. The van der Waals surface area contributed by atoms with Crippen molar-refractivity contribution in [1.82, 2.24) is 4.98 Å². The van der Waals surface area contributed by atoms with E-state index in [-0.39, 0.29) is 0 Å². The Hall–Kier alpha value is -1.31. The molecule has 0 aliphatic carbocycles. The van der Waals surface area contributed by atoms with Crippen molar-refractivity contribution in [3.05, 3.63) is 35.3 Å². The molecule has 0 unspecified atom stereocenters. The largest absolute Gasteiger partial charge is 0.500 e. The number of nitrogens with zero attached hydrogens (tertiary/aromatic N) is 1.